The minimum atomic E-state index is 0.470. The van der Waals surface area contributed by atoms with Crippen LogP contribution in [0.25, 0.3) is 10.9 Å². The van der Waals surface area contributed by atoms with E-state index < -0.39 is 0 Å². The quantitative estimate of drug-likeness (QED) is 0.736. The van der Waals surface area contributed by atoms with Crippen molar-refractivity contribution in [1.29, 1.82) is 0 Å². The Hall–Kier alpha value is -1.54. The molecule has 0 fully saturated rings. The highest BCUT2D eigenvalue weighted by Crippen LogP contribution is 2.18. The number of para-hydroxylation sites is 1. The SMILES string of the molecule is C=CCNC(C)Cc1c[nH]c2ccccc12. The van der Waals surface area contributed by atoms with Gasteiger partial charge in [0, 0.05) is 29.7 Å². The fourth-order valence-electron chi connectivity index (χ4n) is 1.99. The minimum absolute atomic E-state index is 0.470. The first-order valence-corrected chi connectivity index (χ1v) is 5.70. The fourth-order valence-corrected chi connectivity index (χ4v) is 1.99. The largest absolute Gasteiger partial charge is 0.361 e. The Morgan fingerprint density at radius 3 is 3.06 bits per heavy atom. The van der Waals surface area contributed by atoms with Crippen molar-refractivity contribution in [3.63, 3.8) is 0 Å². The smallest absolute Gasteiger partial charge is 0.0456 e. The van der Waals surface area contributed by atoms with E-state index in [4.69, 9.17) is 0 Å². The van der Waals surface area contributed by atoms with Crippen molar-refractivity contribution in [2.45, 2.75) is 19.4 Å². The molecule has 0 bridgehead atoms. The average molecular weight is 214 g/mol. The van der Waals surface area contributed by atoms with Gasteiger partial charge in [0.15, 0.2) is 0 Å². The summed E-state index contributed by atoms with van der Waals surface area (Å²) in [4.78, 5) is 3.30. The summed E-state index contributed by atoms with van der Waals surface area (Å²) in [7, 11) is 0. The van der Waals surface area contributed by atoms with E-state index in [-0.39, 0.29) is 0 Å². The Balaban J connectivity index is 2.12. The average Bonchev–Trinajstić information content (AvgIpc) is 2.70. The van der Waals surface area contributed by atoms with Crippen molar-refractivity contribution in [1.82, 2.24) is 10.3 Å². The van der Waals surface area contributed by atoms with Gasteiger partial charge in [-0.1, -0.05) is 24.3 Å². The standard InChI is InChI=1S/C14H18N2/c1-3-8-15-11(2)9-12-10-16-14-7-5-4-6-13(12)14/h3-7,10-11,15-16H,1,8-9H2,2H3. The van der Waals surface area contributed by atoms with Crippen molar-refractivity contribution in [3.8, 4) is 0 Å². The van der Waals surface area contributed by atoms with Gasteiger partial charge in [0.2, 0.25) is 0 Å². The molecule has 1 atom stereocenters. The van der Waals surface area contributed by atoms with Crippen LogP contribution in [-0.2, 0) is 6.42 Å². The van der Waals surface area contributed by atoms with Gasteiger partial charge in [-0.25, -0.2) is 0 Å². The Bertz CT molecular complexity index is 470. The molecule has 0 amide bonds. The zero-order valence-corrected chi connectivity index (χ0v) is 9.66. The number of hydrogen-bond acceptors (Lipinski definition) is 1. The molecule has 2 heteroatoms. The van der Waals surface area contributed by atoms with Crippen LogP contribution in [0.5, 0.6) is 0 Å². The molecule has 2 nitrogen and oxygen atoms in total. The molecule has 1 unspecified atom stereocenters. The molecule has 2 aromatic rings. The minimum Gasteiger partial charge on any atom is -0.361 e. The Morgan fingerprint density at radius 1 is 1.44 bits per heavy atom. The topological polar surface area (TPSA) is 27.8 Å². The molecule has 0 aliphatic rings. The van der Waals surface area contributed by atoms with Gasteiger partial charge in [-0.3, -0.25) is 0 Å². The number of fused-ring (bicyclic) bond motifs is 1. The van der Waals surface area contributed by atoms with E-state index in [2.05, 4.69) is 54.3 Å². The van der Waals surface area contributed by atoms with E-state index in [1.807, 2.05) is 6.08 Å². The van der Waals surface area contributed by atoms with Gasteiger partial charge in [0.05, 0.1) is 0 Å². The molecule has 1 aromatic carbocycles. The summed E-state index contributed by atoms with van der Waals surface area (Å²) in [5, 5.41) is 4.73. The first-order chi connectivity index (χ1) is 7.81. The van der Waals surface area contributed by atoms with E-state index >= 15 is 0 Å². The lowest BCUT2D eigenvalue weighted by Crippen LogP contribution is -2.27. The summed E-state index contributed by atoms with van der Waals surface area (Å²) in [5.74, 6) is 0. The summed E-state index contributed by atoms with van der Waals surface area (Å²) in [6, 6.07) is 8.89. The van der Waals surface area contributed by atoms with Crippen LogP contribution in [0.2, 0.25) is 0 Å². The van der Waals surface area contributed by atoms with Crippen molar-refractivity contribution in [2.75, 3.05) is 6.54 Å². The second-order valence-electron chi connectivity index (χ2n) is 4.16. The lowest BCUT2D eigenvalue weighted by Gasteiger charge is -2.11. The number of aromatic amines is 1. The molecule has 0 radical (unpaired) electrons. The van der Waals surface area contributed by atoms with Gasteiger partial charge in [0.25, 0.3) is 0 Å². The van der Waals surface area contributed by atoms with Crippen molar-refractivity contribution in [3.05, 3.63) is 48.7 Å². The molecule has 0 saturated heterocycles. The molecule has 16 heavy (non-hydrogen) atoms. The van der Waals surface area contributed by atoms with Crippen LogP contribution < -0.4 is 5.32 Å². The van der Waals surface area contributed by atoms with Crippen LogP contribution in [0.15, 0.2) is 43.1 Å². The highest BCUT2D eigenvalue weighted by molar-refractivity contribution is 5.83. The number of hydrogen-bond donors (Lipinski definition) is 2. The van der Waals surface area contributed by atoms with Crippen LogP contribution in [0.1, 0.15) is 12.5 Å². The number of benzene rings is 1. The Morgan fingerprint density at radius 2 is 2.25 bits per heavy atom. The maximum absolute atomic E-state index is 3.71. The molecule has 0 aliphatic carbocycles. The molecule has 0 spiro atoms. The van der Waals surface area contributed by atoms with Gasteiger partial charge in [0.1, 0.15) is 0 Å². The molecule has 0 saturated carbocycles. The predicted molar refractivity (Wildman–Crippen MR) is 69.7 cm³/mol. The number of H-pyrrole nitrogens is 1. The summed E-state index contributed by atoms with van der Waals surface area (Å²) in [5.41, 5.74) is 2.59. The molecular weight excluding hydrogens is 196 g/mol. The van der Waals surface area contributed by atoms with Gasteiger partial charge in [-0.05, 0) is 25.0 Å². The van der Waals surface area contributed by atoms with Crippen LogP contribution in [0.3, 0.4) is 0 Å². The third kappa shape index (κ3) is 2.34. The van der Waals surface area contributed by atoms with E-state index in [9.17, 15) is 0 Å². The van der Waals surface area contributed by atoms with E-state index in [0.717, 1.165) is 13.0 Å². The fraction of sp³-hybridized carbons (Fsp3) is 0.286. The van der Waals surface area contributed by atoms with Crippen LogP contribution >= 0.6 is 0 Å². The number of aromatic nitrogens is 1. The van der Waals surface area contributed by atoms with Gasteiger partial charge in [-0.2, -0.15) is 0 Å². The molecule has 1 aromatic heterocycles. The second kappa shape index (κ2) is 4.99. The highest BCUT2D eigenvalue weighted by atomic mass is 14.9. The highest BCUT2D eigenvalue weighted by Gasteiger charge is 2.06. The van der Waals surface area contributed by atoms with E-state index in [1.54, 1.807) is 0 Å². The first-order valence-electron chi connectivity index (χ1n) is 5.70. The van der Waals surface area contributed by atoms with Gasteiger partial charge in [-0.15, -0.1) is 6.58 Å². The molecule has 2 rings (SSSR count). The second-order valence-corrected chi connectivity index (χ2v) is 4.16. The third-order valence-corrected chi connectivity index (χ3v) is 2.81. The summed E-state index contributed by atoms with van der Waals surface area (Å²) >= 11 is 0. The zero-order valence-electron chi connectivity index (χ0n) is 9.66. The summed E-state index contributed by atoms with van der Waals surface area (Å²) < 4.78 is 0. The van der Waals surface area contributed by atoms with Crippen molar-refractivity contribution >= 4 is 10.9 Å². The summed E-state index contributed by atoms with van der Waals surface area (Å²) in [6.45, 7) is 6.78. The Labute approximate surface area is 96.4 Å². The predicted octanol–water partition coefficient (Wildman–Crippen LogP) is 2.87. The van der Waals surface area contributed by atoms with Crippen molar-refractivity contribution < 1.29 is 0 Å². The number of rotatable bonds is 5. The summed E-state index contributed by atoms with van der Waals surface area (Å²) in [6.07, 6.45) is 5.04. The maximum Gasteiger partial charge on any atom is 0.0456 e. The monoisotopic (exact) mass is 214 g/mol. The van der Waals surface area contributed by atoms with Crippen LogP contribution in [0, 0.1) is 0 Å². The molecule has 84 valence electrons. The third-order valence-electron chi connectivity index (χ3n) is 2.81. The van der Waals surface area contributed by atoms with E-state index in [0.29, 0.717) is 6.04 Å². The Kier molecular flexibility index (Phi) is 3.42. The van der Waals surface area contributed by atoms with Crippen LogP contribution in [-0.4, -0.2) is 17.6 Å². The van der Waals surface area contributed by atoms with Gasteiger partial charge >= 0.3 is 0 Å². The zero-order chi connectivity index (χ0) is 11.4. The lowest BCUT2D eigenvalue weighted by atomic mass is 10.1. The van der Waals surface area contributed by atoms with E-state index in [1.165, 1.54) is 16.5 Å². The molecule has 0 aliphatic heterocycles. The van der Waals surface area contributed by atoms with Gasteiger partial charge < -0.3 is 10.3 Å². The lowest BCUT2D eigenvalue weighted by molar-refractivity contribution is 0.582. The van der Waals surface area contributed by atoms with Crippen LogP contribution in [0.4, 0.5) is 0 Å². The number of nitrogens with one attached hydrogen (secondary N) is 2. The first kappa shape index (κ1) is 11.0. The maximum atomic E-state index is 3.71. The molecule has 2 N–H and O–H groups in total. The van der Waals surface area contributed by atoms with Crippen molar-refractivity contribution in [2.24, 2.45) is 0 Å². The molecule has 1 heterocycles. The normalized spacial score (nSPS) is 12.8. The molecular formula is C14H18N2.